The Hall–Kier alpha value is -0.370. The summed E-state index contributed by atoms with van der Waals surface area (Å²) in [6, 6.07) is 0.508. The van der Waals surface area contributed by atoms with Gasteiger partial charge in [-0.05, 0) is 32.2 Å². The molecule has 1 atom stereocenters. The first-order chi connectivity index (χ1) is 5.37. The van der Waals surface area contributed by atoms with E-state index in [9.17, 15) is 4.79 Å². The molecule has 2 heteroatoms. The number of rotatable bonds is 2. The first-order valence-electron chi connectivity index (χ1n) is 4.57. The van der Waals surface area contributed by atoms with E-state index in [1.807, 2.05) is 0 Å². The summed E-state index contributed by atoms with van der Waals surface area (Å²) in [5.74, 6) is 0. The molecule has 0 radical (unpaired) electrons. The molecule has 2 nitrogen and oxygen atoms in total. The van der Waals surface area contributed by atoms with Crippen molar-refractivity contribution in [3.63, 3.8) is 0 Å². The molecule has 2 fully saturated rings. The van der Waals surface area contributed by atoms with Gasteiger partial charge in [-0.2, -0.15) is 0 Å². The summed E-state index contributed by atoms with van der Waals surface area (Å²) in [5, 5.41) is 3.44. The van der Waals surface area contributed by atoms with Gasteiger partial charge in [0.1, 0.15) is 6.29 Å². The molecule has 1 saturated carbocycles. The molecule has 0 aromatic heterocycles. The smallest absolute Gasteiger partial charge is 0.127 e. The minimum Gasteiger partial charge on any atom is -0.313 e. The van der Waals surface area contributed by atoms with Gasteiger partial charge in [0.05, 0.1) is 0 Å². The van der Waals surface area contributed by atoms with E-state index in [2.05, 4.69) is 5.32 Å². The number of carbonyl (C=O) groups is 1. The normalized spacial score (nSPS) is 34.7. The van der Waals surface area contributed by atoms with Crippen LogP contribution in [0.4, 0.5) is 0 Å². The third kappa shape index (κ3) is 1.20. The molecule has 0 amide bonds. The second kappa shape index (κ2) is 2.59. The van der Waals surface area contributed by atoms with Crippen LogP contribution in [-0.4, -0.2) is 18.9 Å². The van der Waals surface area contributed by atoms with Crippen LogP contribution in [0.2, 0.25) is 0 Å². The molecular weight excluding hydrogens is 138 g/mol. The molecule has 1 saturated heterocycles. The molecule has 2 rings (SSSR count). The van der Waals surface area contributed by atoms with Crippen LogP contribution in [0.5, 0.6) is 0 Å². The lowest BCUT2D eigenvalue weighted by Crippen LogP contribution is -2.41. The fraction of sp³-hybridized carbons (Fsp3) is 0.889. The molecule has 1 unspecified atom stereocenters. The SMILES string of the molecule is O=CC1(C2CCCCN2)CC1. The average molecular weight is 153 g/mol. The Labute approximate surface area is 67.4 Å². The van der Waals surface area contributed by atoms with Gasteiger partial charge in [-0.25, -0.2) is 0 Å². The van der Waals surface area contributed by atoms with Gasteiger partial charge in [-0.1, -0.05) is 6.42 Å². The van der Waals surface area contributed by atoms with Gasteiger partial charge in [0.2, 0.25) is 0 Å². The van der Waals surface area contributed by atoms with E-state index < -0.39 is 0 Å². The van der Waals surface area contributed by atoms with Crippen molar-refractivity contribution in [2.45, 2.75) is 38.1 Å². The summed E-state index contributed by atoms with van der Waals surface area (Å²) in [5.41, 5.74) is 0.0699. The molecule has 1 aliphatic carbocycles. The van der Waals surface area contributed by atoms with Crippen LogP contribution < -0.4 is 5.32 Å². The molecule has 1 aliphatic heterocycles. The van der Waals surface area contributed by atoms with Crippen molar-refractivity contribution < 1.29 is 4.79 Å². The zero-order valence-corrected chi connectivity index (χ0v) is 6.81. The van der Waals surface area contributed by atoms with Crippen molar-refractivity contribution in [3.8, 4) is 0 Å². The van der Waals surface area contributed by atoms with Crippen LogP contribution in [0.15, 0.2) is 0 Å². The lowest BCUT2D eigenvalue weighted by atomic mass is 9.91. The number of piperidine rings is 1. The average Bonchev–Trinajstić information content (AvgIpc) is 2.86. The first-order valence-corrected chi connectivity index (χ1v) is 4.57. The largest absolute Gasteiger partial charge is 0.313 e. The summed E-state index contributed by atoms with van der Waals surface area (Å²) in [6.45, 7) is 1.11. The predicted molar refractivity (Wildman–Crippen MR) is 43.4 cm³/mol. The highest BCUT2D eigenvalue weighted by molar-refractivity contribution is 5.65. The Morgan fingerprint density at radius 2 is 2.18 bits per heavy atom. The van der Waals surface area contributed by atoms with Crippen LogP contribution in [0.1, 0.15) is 32.1 Å². The number of nitrogens with one attached hydrogen (secondary N) is 1. The van der Waals surface area contributed by atoms with Gasteiger partial charge in [-0.15, -0.1) is 0 Å². The number of hydrogen-bond donors (Lipinski definition) is 1. The highest BCUT2D eigenvalue weighted by atomic mass is 16.1. The zero-order chi connectivity index (χ0) is 7.73. The van der Waals surface area contributed by atoms with Gasteiger partial charge in [-0.3, -0.25) is 0 Å². The third-order valence-corrected chi connectivity index (χ3v) is 3.07. The molecule has 62 valence electrons. The van der Waals surface area contributed by atoms with Gasteiger partial charge in [0.25, 0.3) is 0 Å². The van der Waals surface area contributed by atoms with Crippen LogP contribution in [-0.2, 0) is 4.79 Å². The van der Waals surface area contributed by atoms with E-state index in [-0.39, 0.29) is 5.41 Å². The molecule has 1 N–H and O–H groups in total. The summed E-state index contributed by atoms with van der Waals surface area (Å²) in [4.78, 5) is 10.7. The second-order valence-corrected chi connectivity index (χ2v) is 3.85. The molecule has 0 spiro atoms. The van der Waals surface area contributed by atoms with E-state index in [0.717, 1.165) is 19.4 Å². The van der Waals surface area contributed by atoms with Crippen molar-refractivity contribution in [2.24, 2.45) is 5.41 Å². The monoisotopic (exact) mass is 153 g/mol. The Morgan fingerprint density at radius 3 is 2.64 bits per heavy atom. The van der Waals surface area contributed by atoms with Crippen molar-refractivity contribution >= 4 is 6.29 Å². The van der Waals surface area contributed by atoms with Crippen LogP contribution in [0.3, 0.4) is 0 Å². The predicted octanol–water partition coefficient (Wildman–Crippen LogP) is 1.11. The summed E-state index contributed by atoms with van der Waals surface area (Å²) in [7, 11) is 0. The maximum absolute atomic E-state index is 10.7. The summed E-state index contributed by atoms with van der Waals surface area (Å²) < 4.78 is 0. The Kier molecular flexibility index (Phi) is 1.72. The molecule has 2 aliphatic rings. The Balaban J connectivity index is 1.97. The number of carbonyl (C=O) groups excluding carboxylic acids is 1. The Morgan fingerprint density at radius 1 is 1.36 bits per heavy atom. The van der Waals surface area contributed by atoms with Gasteiger partial charge in [0.15, 0.2) is 0 Å². The highest BCUT2D eigenvalue weighted by Gasteiger charge is 2.49. The summed E-state index contributed by atoms with van der Waals surface area (Å²) in [6.07, 6.45) is 7.20. The number of hydrogen-bond acceptors (Lipinski definition) is 2. The van der Waals surface area contributed by atoms with E-state index in [1.54, 1.807) is 0 Å². The first kappa shape index (κ1) is 7.29. The molecule has 0 aromatic rings. The van der Waals surface area contributed by atoms with Crippen LogP contribution >= 0.6 is 0 Å². The molecular formula is C9H15NO. The zero-order valence-electron chi connectivity index (χ0n) is 6.81. The van der Waals surface area contributed by atoms with E-state index in [4.69, 9.17) is 0 Å². The van der Waals surface area contributed by atoms with Crippen LogP contribution in [0.25, 0.3) is 0 Å². The van der Waals surface area contributed by atoms with E-state index >= 15 is 0 Å². The molecule has 1 heterocycles. The molecule has 11 heavy (non-hydrogen) atoms. The highest BCUT2D eigenvalue weighted by Crippen LogP contribution is 2.48. The Bertz CT molecular complexity index is 157. The van der Waals surface area contributed by atoms with Gasteiger partial charge in [0, 0.05) is 11.5 Å². The minimum atomic E-state index is 0.0699. The lowest BCUT2D eigenvalue weighted by molar-refractivity contribution is -0.113. The standard InChI is InChI=1S/C9H15NO/c11-7-9(4-5-9)8-3-1-2-6-10-8/h7-8,10H,1-6H2. The fourth-order valence-corrected chi connectivity index (χ4v) is 2.04. The van der Waals surface area contributed by atoms with Crippen molar-refractivity contribution in [2.75, 3.05) is 6.54 Å². The molecule has 0 aromatic carbocycles. The van der Waals surface area contributed by atoms with E-state index in [1.165, 1.54) is 25.5 Å². The maximum Gasteiger partial charge on any atom is 0.127 e. The van der Waals surface area contributed by atoms with Gasteiger partial charge >= 0.3 is 0 Å². The fourth-order valence-electron chi connectivity index (χ4n) is 2.04. The topological polar surface area (TPSA) is 29.1 Å². The third-order valence-electron chi connectivity index (χ3n) is 3.07. The quantitative estimate of drug-likeness (QED) is 0.602. The summed E-state index contributed by atoms with van der Waals surface area (Å²) >= 11 is 0. The molecule has 0 bridgehead atoms. The second-order valence-electron chi connectivity index (χ2n) is 3.85. The van der Waals surface area contributed by atoms with E-state index in [0.29, 0.717) is 6.04 Å². The number of aldehydes is 1. The van der Waals surface area contributed by atoms with Crippen molar-refractivity contribution in [3.05, 3.63) is 0 Å². The minimum absolute atomic E-state index is 0.0699. The van der Waals surface area contributed by atoms with Crippen molar-refractivity contribution in [1.29, 1.82) is 0 Å². The van der Waals surface area contributed by atoms with Gasteiger partial charge < -0.3 is 10.1 Å². The lowest BCUT2D eigenvalue weighted by Gasteiger charge is -2.27. The maximum atomic E-state index is 10.7. The van der Waals surface area contributed by atoms with Crippen LogP contribution in [0, 0.1) is 5.41 Å². The van der Waals surface area contributed by atoms with Crippen molar-refractivity contribution in [1.82, 2.24) is 5.32 Å².